The predicted octanol–water partition coefficient (Wildman–Crippen LogP) is 3.12. The standard InChI is InChI=1S/C22H34N2O8S/c1-21(2,3)31-18(25)13-12-17(19(26)32-22(4,5)6)24-20(27)23-16-10-8-15(9-11-16)14-30-33(7,28)29/h8-11,17H,12-14H2,1-7H3,(H2,23,24,27). The van der Waals surface area contributed by atoms with E-state index in [0.29, 0.717) is 11.3 Å². The van der Waals surface area contributed by atoms with Crippen molar-refractivity contribution in [2.24, 2.45) is 0 Å². The van der Waals surface area contributed by atoms with E-state index in [1.54, 1.807) is 65.8 Å². The minimum Gasteiger partial charge on any atom is -0.460 e. The molecule has 1 aromatic rings. The Labute approximate surface area is 195 Å². The van der Waals surface area contributed by atoms with Crippen LogP contribution in [-0.2, 0) is 40.0 Å². The second kappa shape index (κ2) is 11.5. The summed E-state index contributed by atoms with van der Waals surface area (Å²) in [5.41, 5.74) is -0.438. The van der Waals surface area contributed by atoms with Gasteiger partial charge in [0, 0.05) is 12.1 Å². The third kappa shape index (κ3) is 13.5. The summed E-state index contributed by atoms with van der Waals surface area (Å²) in [7, 11) is -3.56. The van der Waals surface area contributed by atoms with E-state index in [1.165, 1.54) is 0 Å². The zero-order valence-corrected chi connectivity index (χ0v) is 21.0. The lowest BCUT2D eigenvalue weighted by Crippen LogP contribution is -2.46. The smallest absolute Gasteiger partial charge is 0.329 e. The molecule has 0 aliphatic carbocycles. The van der Waals surface area contributed by atoms with Crippen LogP contribution in [0.4, 0.5) is 10.5 Å². The number of carbonyl (C=O) groups excluding carboxylic acids is 3. The number of urea groups is 1. The van der Waals surface area contributed by atoms with E-state index in [9.17, 15) is 22.8 Å². The molecule has 1 rings (SSSR count). The fourth-order valence-corrected chi connectivity index (χ4v) is 2.81. The zero-order valence-electron chi connectivity index (χ0n) is 20.2. The van der Waals surface area contributed by atoms with Crippen molar-refractivity contribution in [1.82, 2.24) is 5.32 Å². The fourth-order valence-electron chi connectivity index (χ4n) is 2.46. The molecule has 186 valence electrons. The molecule has 2 amide bonds. The summed E-state index contributed by atoms with van der Waals surface area (Å²) in [6, 6.07) is 4.56. The maximum atomic E-state index is 12.6. The second-order valence-electron chi connectivity index (χ2n) is 9.47. The largest absolute Gasteiger partial charge is 0.460 e. The van der Waals surface area contributed by atoms with Crippen LogP contribution in [0.1, 0.15) is 59.9 Å². The lowest BCUT2D eigenvalue weighted by atomic mass is 10.1. The fraction of sp³-hybridized carbons (Fsp3) is 0.591. The van der Waals surface area contributed by atoms with Crippen LogP contribution in [0.5, 0.6) is 0 Å². The molecule has 0 spiro atoms. The van der Waals surface area contributed by atoms with Crippen molar-refractivity contribution >= 4 is 33.8 Å². The lowest BCUT2D eigenvalue weighted by molar-refractivity contribution is -0.158. The van der Waals surface area contributed by atoms with E-state index in [2.05, 4.69) is 10.6 Å². The van der Waals surface area contributed by atoms with Gasteiger partial charge in [0.15, 0.2) is 0 Å². The number of esters is 2. The molecular weight excluding hydrogens is 452 g/mol. The Morgan fingerprint density at radius 1 is 0.939 bits per heavy atom. The molecule has 1 atom stereocenters. The molecule has 0 heterocycles. The van der Waals surface area contributed by atoms with Crippen molar-refractivity contribution in [2.45, 2.75) is 78.2 Å². The van der Waals surface area contributed by atoms with Gasteiger partial charge in [-0.3, -0.25) is 8.98 Å². The molecule has 0 aliphatic rings. The van der Waals surface area contributed by atoms with E-state index in [0.717, 1.165) is 6.26 Å². The number of amides is 2. The number of hydrogen-bond donors (Lipinski definition) is 2. The van der Waals surface area contributed by atoms with Crippen LogP contribution in [-0.4, -0.2) is 49.9 Å². The van der Waals surface area contributed by atoms with Gasteiger partial charge in [-0.2, -0.15) is 8.42 Å². The number of ether oxygens (including phenoxy) is 2. The molecule has 10 nitrogen and oxygen atoms in total. The van der Waals surface area contributed by atoms with Crippen molar-refractivity contribution in [3.63, 3.8) is 0 Å². The molecule has 0 aromatic heterocycles. The van der Waals surface area contributed by atoms with Gasteiger partial charge in [0.25, 0.3) is 10.1 Å². The molecule has 1 aromatic carbocycles. The van der Waals surface area contributed by atoms with Crippen LogP contribution >= 0.6 is 0 Å². The molecule has 0 bridgehead atoms. The maximum Gasteiger partial charge on any atom is 0.329 e. The summed E-state index contributed by atoms with van der Waals surface area (Å²) in [6.07, 6.45) is 0.868. The normalized spacial score (nSPS) is 13.1. The summed E-state index contributed by atoms with van der Waals surface area (Å²) in [4.78, 5) is 37.1. The first-order valence-corrected chi connectivity index (χ1v) is 12.2. The minimum absolute atomic E-state index is 0.000977. The first-order chi connectivity index (χ1) is 14.9. The highest BCUT2D eigenvalue weighted by Gasteiger charge is 2.28. The Bertz CT molecular complexity index is 929. The molecule has 0 saturated carbocycles. The van der Waals surface area contributed by atoms with Gasteiger partial charge < -0.3 is 20.1 Å². The van der Waals surface area contributed by atoms with Gasteiger partial charge in [0.2, 0.25) is 0 Å². The van der Waals surface area contributed by atoms with Crippen LogP contribution < -0.4 is 10.6 Å². The summed E-state index contributed by atoms with van der Waals surface area (Å²) < 4.78 is 37.5. The van der Waals surface area contributed by atoms with Crippen molar-refractivity contribution < 1.29 is 36.5 Å². The molecule has 0 fully saturated rings. The highest BCUT2D eigenvalue weighted by atomic mass is 32.2. The highest BCUT2D eigenvalue weighted by molar-refractivity contribution is 7.85. The van der Waals surface area contributed by atoms with Crippen LogP contribution in [0.25, 0.3) is 0 Å². The SMILES string of the molecule is CC(C)(C)OC(=O)CCC(NC(=O)Nc1ccc(COS(C)(=O)=O)cc1)C(=O)OC(C)(C)C. The quantitative estimate of drug-likeness (QED) is 0.401. The summed E-state index contributed by atoms with van der Waals surface area (Å²) >= 11 is 0. The molecule has 0 radical (unpaired) electrons. The number of anilines is 1. The van der Waals surface area contributed by atoms with E-state index >= 15 is 0 Å². The van der Waals surface area contributed by atoms with Crippen molar-refractivity contribution in [2.75, 3.05) is 11.6 Å². The van der Waals surface area contributed by atoms with Gasteiger partial charge in [-0.25, -0.2) is 9.59 Å². The van der Waals surface area contributed by atoms with Crippen molar-refractivity contribution in [1.29, 1.82) is 0 Å². The molecule has 11 heteroatoms. The van der Waals surface area contributed by atoms with Gasteiger partial charge >= 0.3 is 18.0 Å². The molecule has 0 aliphatic heterocycles. The summed E-state index contributed by atoms with van der Waals surface area (Å²) in [6.45, 7) is 10.2. The van der Waals surface area contributed by atoms with Crippen molar-refractivity contribution in [3.8, 4) is 0 Å². The summed E-state index contributed by atoms with van der Waals surface area (Å²) in [5.74, 6) is -1.17. The minimum atomic E-state index is -3.56. The number of hydrogen-bond acceptors (Lipinski definition) is 8. The Hall–Kier alpha value is -2.66. The number of rotatable bonds is 9. The van der Waals surface area contributed by atoms with E-state index in [-0.39, 0.29) is 19.4 Å². The van der Waals surface area contributed by atoms with E-state index in [1.807, 2.05) is 0 Å². The molecule has 2 N–H and O–H groups in total. The monoisotopic (exact) mass is 486 g/mol. The number of carbonyl (C=O) groups is 3. The first kappa shape index (κ1) is 28.4. The second-order valence-corrected chi connectivity index (χ2v) is 11.1. The number of benzene rings is 1. The highest BCUT2D eigenvalue weighted by Crippen LogP contribution is 2.15. The Balaban J connectivity index is 2.77. The number of nitrogens with one attached hydrogen (secondary N) is 2. The first-order valence-electron chi connectivity index (χ1n) is 10.4. The Morgan fingerprint density at radius 2 is 1.48 bits per heavy atom. The van der Waals surface area contributed by atoms with Crippen LogP contribution in [0.15, 0.2) is 24.3 Å². The summed E-state index contributed by atoms with van der Waals surface area (Å²) in [5, 5.41) is 5.11. The van der Waals surface area contributed by atoms with E-state index in [4.69, 9.17) is 13.7 Å². The molecule has 0 saturated heterocycles. The van der Waals surface area contributed by atoms with Crippen molar-refractivity contribution in [3.05, 3.63) is 29.8 Å². The Kier molecular flexibility index (Phi) is 9.86. The molecular formula is C22H34N2O8S. The van der Waals surface area contributed by atoms with Gasteiger partial charge in [-0.15, -0.1) is 0 Å². The lowest BCUT2D eigenvalue weighted by Gasteiger charge is -2.25. The van der Waals surface area contributed by atoms with Gasteiger partial charge in [-0.1, -0.05) is 12.1 Å². The van der Waals surface area contributed by atoms with Crippen LogP contribution in [0, 0.1) is 0 Å². The Morgan fingerprint density at radius 3 is 1.97 bits per heavy atom. The van der Waals surface area contributed by atoms with E-state index < -0.39 is 45.3 Å². The predicted molar refractivity (Wildman–Crippen MR) is 123 cm³/mol. The van der Waals surface area contributed by atoms with Crippen LogP contribution in [0.3, 0.4) is 0 Å². The third-order valence-electron chi connectivity index (χ3n) is 3.71. The third-order valence-corrected chi connectivity index (χ3v) is 4.25. The topological polar surface area (TPSA) is 137 Å². The average molecular weight is 487 g/mol. The van der Waals surface area contributed by atoms with Crippen LogP contribution in [0.2, 0.25) is 0 Å². The van der Waals surface area contributed by atoms with Gasteiger partial charge in [-0.05, 0) is 65.7 Å². The average Bonchev–Trinajstić information content (AvgIpc) is 2.61. The molecule has 1 unspecified atom stereocenters. The van der Waals surface area contributed by atoms with Gasteiger partial charge in [0.1, 0.15) is 17.2 Å². The van der Waals surface area contributed by atoms with Gasteiger partial charge in [0.05, 0.1) is 12.9 Å². The maximum absolute atomic E-state index is 12.6. The zero-order chi connectivity index (χ0) is 25.4. The molecule has 33 heavy (non-hydrogen) atoms.